The Balaban J connectivity index is 1.56. The van der Waals surface area contributed by atoms with Gasteiger partial charge in [-0.3, -0.25) is 4.79 Å². The minimum Gasteiger partial charge on any atom is -0.448 e. The number of ether oxygens (including phenoxy) is 6. The molecular formula is C26H31NO7S. The Kier molecular flexibility index (Phi) is 8.03. The fourth-order valence-electron chi connectivity index (χ4n) is 4.09. The third-order valence-corrected chi connectivity index (χ3v) is 5.92. The van der Waals surface area contributed by atoms with Crippen LogP contribution < -0.4 is 10.1 Å². The molecule has 9 heteroatoms. The maximum absolute atomic E-state index is 12.2. The molecule has 35 heavy (non-hydrogen) atoms. The Labute approximate surface area is 210 Å². The van der Waals surface area contributed by atoms with Crippen LogP contribution in [-0.4, -0.2) is 54.2 Å². The topological polar surface area (TPSA) is 84.5 Å². The summed E-state index contributed by atoms with van der Waals surface area (Å²) < 4.78 is 36.2. The van der Waals surface area contributed by atoms with Crippen LogP contribution in [0.1, 0.15) is 31.9 Å². The average molecular weight is 502 g/mol. The van der Waals surface area contributed by atoms with Gasteiger partial charge in [0.1, 0.15) is 24.0 Å². The van der Waals surface area contributed by atoms with E-state index in [0.29, 0.717) is 5.75 Å². The molecule has 0 bridgehead atoms. The van der Waals surface area contributed by atoms with E-state index < -0.39 is 36.4 Å². The predicted octanol–water partition coefficient (Wildman–Crippen LogP) is 3.64. The van der Waals surface area contributed by atoms with Gasteiger partial charge in [0.25, 0.3) is 0 Å². The fraction of sp³-hybridized carbons (Fsp3) is 0.462. The van der Waals surface area contributed by atoms with Crippen LogP contribution in [0.25, 0.3) is 0 Å². The molecule has 1 N–H and O–H groups in total. The molecule has 0 saturated carbocycles. The van der Waals surface area contributed by atoms with Crippen LogP contribution in [0.15, 0.2) is 54.6 Å². The Morgan fingerprint density at radius 2 is 1.86 bits per heavy atom. The van der Waals surface area contributed by atoms with Crippen LogP contribution in [0, 0.1) is 6.92 Å². The summed E-state index contributed by atoms with van der Waals surface area (Å²) in [5, 5.41) is 2.81. The maximum Gasteiger partial charge on any atom is 0.358 e. The number of fused-ring (bicyclic) bond motifs is 1. The summed E-state index contributed by atoms with van der Waals surface area (Å²) in [5.74, 6) is -0.592. The predicted molar refractivity (Wildman–Crippen MR) is 132 cm³/mol. The van der Waals surface area contributed by atoms with E-state index in [0.717, 1.165) is 11.1 Å². The number of benzene rings is 2. The van der Waals surface area contributed by atoms with Gasteiger partial charge < -0.3 is 33.7 Å². The van der Waals surface area contributed by atoms with Gasteiger partial charge in [-0.15, -0.1) is 0 Å². The summed E-state index contributed by atoms with van der Waals surface area (Å²) in [5.41, 5.74) is 2.06. The summed E-state index contributed by atoms with van der Waals surface area (Å²) in [7, 11) is 0. The average Bonchev–Trinajstić information content (AvgIpc) is 2.81. The molecule has 2 aliphatic heterocycles. The lowest BCUT2D eigenvalue weighted by Gasteiger charge is -2.50. The quantitative estimate of drug-likeness (QED) is 0.601. The molecule has 0 unspecified atom stereocenters. The van der Waals surface area contributed by atoms with Gasteiger partial charge in [0.2, 0.25) is 5.91 Å². The van der Waals surface area contributed by atoms with Gasteiger partial charge in [0, 0.05) is 19.1 Å². The van der Waals surface area contributed by atoms with E-state index in [1.807, 2.05) is 75.4 Å². The number of amides is 1. The van der Waals surface area contributed by atoms with Gasteiger partial charge in [-0.05, 0) is 38.5 Å². The Morgan fingerprint density at radius 1 is 1.14 bits per heavy atom. The minimum atomic E-state index is -0.871. The van der Waals surface area contributed by atoms with Crippen molar-refractivity contribution in [2.45, 2.75) is 70.7 Å². The molecule has 0 aromatic heterocycles. The third kappa shape index (κ3) is 6.77. The largest absolute Gasteiger partial charge is 0.448 e. The lowest BCUT2D eigenvalue weighted by Crippen LogP contribution is -2.69. The van der Waals surface area contributed by atoms with E-state index in [9.17, 15) is 4.79 Å². The second-order valence-corrected chi connectivity index (χ2v) is 9.44. The number of carbonyl (C=O) groups excluding carboxylic acids is 1. The molecule has 2 saturated heterocycles. The third-order valence-electron chi connectivity index (χ3n) is 5.74. The molecule has 0 spiro atoms. The second kappa shape index (κ2) is 11.0. The van der Waals surface area contributed by atoms with Crippen molar-refractivity contribution in [3.05, 3.63) is 65.7 Å². The molecule has 1 amide bonds. The van der Waals surface area contributed by atoms with E-state index in [4.69, 9.17) is 40.6 Å². The highest BCUT2D eigenvalue weighted by molar-refractivity contribution is 7.79. The first kappa shape index (κ1) is 25.5. The zero-order valence-corrected chi connectivity index (χ0v) is 21.1. The molecule has 2 aliphatic rings. The van der Waals surface area contributed by atoms with Crippen molar-refractivity contribution in [3.8, 4) is 5.75 Å². The zero-order chi connectivity index (χ0) is 25.0. The first-order valence-electron chi connectivity index (χ1n) is 11.6. The highest BCUT2D eigenvalue weighted by atomic mass is 32.1. The van der Waals surface area contributed by atoms with Crippen LogP contribution in [0.2, 0.25) is 0 Å². The summed E-state index contributed by atoms with van der Waals surface area (Å²) in [6.45, 7) is 7.58. The Hall–Kier alpha value is -2.56. The van der Waals surface area contributed by atoms with Crippen molar-refractivity contribution >= 4 is 23.4 Å². The number of thiocarbonyl (C=S) groups is 1. The molecule has 5 atom stereocenters. The van der Waals surface area contributed by atoms with E-state index in [1.54, 1.807) is 0 Å². The number of rotatable bonds is 6. The summed E-state index contributed by atoms with van der Waals surface area (Å²) in [4.78, 5) is 12.2. The lowest BCUT2D eigenvalue weighted by atomic mass is 9.95. The first-order valence-corrected chi connectivity index (χ1v) is 12.0. The van der Waals surface area contributed by atoms with Crippen LogP contribution in [0.5, 0.6) is 5.75 Å². The normalized spacial score (nSPS) is 27.4. The molecule has 8 nitrogen and oxygen atoms in total. The summed E-state index contributed by atoms with van der Waals surface area (Å²) in [6.07, 6.45) is -2.67. The van der Waals surface area contributed by atoms with Crippen molar-refractivity contribution in [1.82, 2.24) is 5.32 Å². The molecule has 2 aromatic rings. The molecular weight excluding hydrogens is 470 g/mol. The molecule has 0 radical (unpaired) electrons. The van der Waals surface area contributed by atoms with E-state index in [-0.39, 0.29) is 24.4 Å². The Morgan fingerprint density at radius 3 is 2.54 bits per heavy atom. The molecule has 188 valence electrons. The SMILES string of the molecule is CC(=O)N[C@H]1[C@@H](OCc2ccccc2)O[C@@H]2COC(C)(C)O[C@H]2[C@@H]1OC(=S)Oc1ccc(C)cc1. The highest BCUT2D eigenvalue weighted by Crippen LogP contribution is 2.35. The van der Waals surface area contributed by atoms with Crippen molar-refractivity contribution in [3.63, 3.8) is 0 Å². The van der Waals surface area contributed by atoms with Gasteiger partial charge >= 0.3 is 5.24 Å². The zero-order valence-electron chi connectivity index (χ0n) is 20.3. The molecule has 2 heterocycles. The summed E-state index contributed by atoms with van der Waals surface area (Å²) in [6, 6.07) is 16.4. The van der Waals surface area contributed by atoms with E-state index in [1.165, 1.54) is 6.92 Å². The molecule has 0 aliphatic carbocycles. The first-order chi connectivity index (χ1) is 16.7. The lowest BCUT2D eigenvalue weighted by molar-refractivity contribution is -0.368. The van der Waals surface area contributed by atoms with Gasteiger partial charge in [-0.1, -0.05) is 48.0 Å². The van der Waals surface area contributed by atoms with Crippen molar-refractivity contribution in [2.75, 3.05) is 6.61 Å². The number of aryl methyl sites for hydroxylation is 1. The number of nitrogens with one attached hydrogen (secondary N) is 1. The maximum atomic E-state index is 12.2. The second-order valence-electron chi connectivity index (χ2n) is 9.11. The molecule has 4 rings (SSSR count). The van der Waals surface area contributed by atoms with Gasteiger partial charge in [0.05, 0.1) is 13.2 Å². The fourth-order valence-corrected chi connectivity index (χ4v) is 4.29. The number of carbonyl (C=O) groups is 1. The molecule has 2 fully saturated rings. The monoisotopic (exact) mass is 501 g/mol. The van der Waals surface area contributed by atoms with Crippen molar-refractivity contribution in [2.24, 2.45) is 0 Å². The van der Waals surface area contributed by atoms with Gasteiger partial charge in [0.15, 0.2) is 18.2 Å². The van der Waals surface area contributed by atoms with Crippen molar-refractivity contribution < 1.29 is 33.2 Å². The van der Waals surface area contributed by atoms with Crippen LogP contribution >= 0.6 is 12.2 Å². The highest BCUT2D eigenvalue weighted by Gasteiger charge is 2.54. The van der Waals surface area contributed by atoms with Crippen molar-refractivity contribution in [1.29, 1.82) is 0 Å². The minimum absolute atomic E-state index is 0.0930. The van der Waals surface area contributed by atoms with Gasteiger partial charge in [-0.2, -0.15) is 0 Å². The molecule has 2 aromatic carbocycles. The van der Waals surface area contributed by atoms with E-state index in [2.05, 4.69) is 5.32 Å². The van der Waals surface area contributed by atoms with Crippen LogP contribution in [0.4, 0.5) is 0 Å². The standard InChI is InChI=1S/C26H31NO7S/c1-16-10-12-19(13-11-16)31-25(35)33-23-21(27-17(2)28)24(29-14-18-8-6-5-7-9-18)32-20-15-30-26(3,4)34-22(20)23/h5-13,20-24H,14-15H2,1-4H3,(H,27,28)/t20-,21-,22-,23-,24+/m1/s1. The number of hydrogen-bond donors (Lipinski definition) is 1. The van der Waals surface area contributed by atoms with Crippen LogP contribution in [0.3, 0.4) is 0 Å². The van der Waals surface area contributed by atoms with Crippen LogP contribution in [-0.2, 0) is 35.1 Å². The Bertz CT molecular complexity index is 1010. The van der Waals surface area contributed by atoms with Gasteiger partial charge in [-0.25, -0.2) is 0 Å². The summed E-state index contributed by atoms with van der Waals surface area (Å²) >= 11 is 5.42. The number of hydrogen-bond acceptors (Lipinski definition) is 8. The smallest absolute Gasteiger partial charge is 0.358 e. The van der Waals surface area contributed by atoms with E-state index >= 15 is 0 Å².